The molecule has 0 heterocycles. The molecule has 1 atom stereocenters. The summed E-state index contributed by atoms with van der Waals surface area (Å²) in [5.41, 5.74) is 1.43. The van der Waals surface area contributed by atoms with E-state index in [1.54, 1.807) is 29.2 Å². The first-order valence-electron chi connectivity index (χ1n) is 13.9. The number of halogens is 2. The molecule has 11 heteroatoms. The van der Waals surface area contributed by atoms with Crippen molar-refractivity contribution in [3.05, 3.63) is 94.0 Å². The number of carbonyl (C=O) groups excluding carboxylic acids is 2. The summed E-state index contributed by atoms with van der Waals surface area (Å²) in [6.45, 7) is 5.80. The second-order valence-electron chi connectivity index (χ2n) is 11.3. The smallest absolute Gasteiger partial charge is 0.243 e. The topological polar surface area (TPSA) is 96.0 Å². The molecule has 3 rings (SSSR count). The molecule has 0 aliphatic rings. The van der Waals surface area contributed by atoms with Crippen molar-refractivity contribution < 1.29 is 22.7 Å². The van der Waals surface area contributed by atoms with Gasteiger partial charge in [-0.25, -0.2) is 8.42 Å². The molecule has 0 aliphatic carbocycles. The molecule has 0 saturated carbocycles. The second-order valence-corrected chi connectivity index (χ2v) is 14.0. The number of carbonyl (C=O) groups is 2. The van der Waals surface area contributed by atoms with E-state index >= 15 is 0 Å². The molecule has 3 aromatic rings. The standard InChI is InChI=1S/C32H39Cl2N3O5S/c1-32(2,3)35-31(39)28(20-23-12-7-6-8-13-23)36(22-24-14-9-10-15-26(24)33)30(38)16-11-19-37(43(5,40)41)25-17-18-29(42-4)27(34)21-25/h6-10,12-15,17-18,21,28H,11,16,19-20,22H2,1-5H3,(H,35,39)/t28-/m0/s1. The Morgan fingerprint density at radius 2 is 1.60 bits per heavy atom. The molecule has 3 aromatic carbocycles. The molecule has 232 valence electrons. The summed E-state index contributed by atoms with van der Waals surface area (Å²) in [5.74, 6) is -0.171. The Morgan fingerprint density at radius 1 is 0.953 bits per heavy atom. The van der Waals surface area contributed by atoms with Crippen molar-refractivity contribution in [1.82, 2.24) is 10.2 Å². The lowest BCUT2D eigenvalue weighted by atomic mass is 10.00. The molecular formula is C32H39Cl2N3O5S. The van der Waals surface area contributed by atoms with Crippen LogP contribution in [-0.2, 0) is 32.6 Å². The van der Waals surface area contributed by atoms with Gasteiger partial charge in [0.25, 0.3) is 0 Å². The van der Waals surface area contributed by atoms with Crippen LogP contribution in [0.25, 0.3) is 0 Å². The molecule has 0 saturated heterocycles. The van der Waals surface area contributed by atoms with Crippen molar-refractivity contribution in [2.24, 2.45) is 0 Å². The van der Waals surface area contributed by atoms with Gasteiger partial charge < -0.3 is 15.0 Å². The minimum absolute atomic E-state index is 0.00551. The molecule has 0 unspecified atom stereocenters. The molecule has 0 spiro atoms. The van der Waals surface area contributed by atoms with E-state index in [2.05, 4.69) is 5.32 Å². The Hall–Kier alpha value is -3.27. The van der Waals surface area contributed by atoms with Crippen LogP contribution in [-0.4, -0.2) is 56.6 Å². The number of nitrogens with zero attached hydrogens (tertiary/aromatic N) is 2. The molecule has 2 amide bonds. The zero-order valence-electron chi connectivity index (χ0n) is 25.1. The summed E-state index contributed by atoms with van der Waals surface area (Å²) >= 11 is 12.8. The highest BCUT2D eigenvalue weighted by molar-refractivity contribution is 7.92. The first-order valence-corrected chi connectivity index (χ1v) is 16.5. The number of ether oxygens (including phenoxy) is 1. The minimum atomic E-state index is -3.69. The van der Waals surface area contributed by atoms with Crippen LogP contribution >= 0.6 is 23.2 Å². The zero-order valence-corrected chi connectivity index (χ0v) is 27.5. The molecule has 1 N–H and O–H groups in total. The Kier molecular flexibility index (Phi) is 11.9. The summed E-state index contributed by atoms with van der Waals surface area (Å²) in [6.07, 6.45) is 1.59. The maximum absolute atomic E-state index is 14.0. The first kappa shape index (κ1) is 34.2. The fraction of sp³-hybridized carbons (Fsp3) is 0.375. The number of hydrogen-bond donors (Lipinski definition) is 1. The maximum atomic E-state index is 14.0. The number of anilines is 1. The van der Waals surface area contributed by atoms with Gasteiger partial charge in [0, 0.05) is 36.5 Å². The van der Waals surface area contributed by atoms with E-state index in [0.717, 1.165) is 11.8 Å². The number of amides is 2. The molecule has 0 aromatic heterocycles. The monoisotopic (exact) mass is 647 g/mol. The van der Waals surface area contributed by atoms with Gasteiger partial charge in [0.2, 0.25) is 21.8 Å². The first-order chi connectivity index (χ1) is 20.2. The van der Waals surface area contributed by atoms with E-state index < -0.39 is 21.6 Å². The largest absolute Gasteiger partial charge is 0.495 e. The van der Waals surface area contributed by atoms with Crippen LogP contribution in [0.2, 0.25) is 10.0 Å². The number of rotatable bonds is 13. The van der Waals surface area contributed by atoms with Gasteiger partial charge in [-0.05, 0) is 62.6 Å². The van der Waals surface area contributed by atoms with Crippen LogP contribution < -0.4 is 14.4 Å². The molecule has 0 aliphatic heterocycles. The highest BCUT2D eigenvalue weighted by Crippen LogP contribution is 2.30. The number of hydrogen-bond acceptors (Lipinski definition) is 5. The van der Waals surface area contributed by atoms with Crippen molar-refractivity contribution in [2.75, 3.05) is 24.2 Å². The summed E-state index contributed by atoms with van der Waals surface area (Å²) in [7, 11) is -2.22. The Balaban J connectivity index is 1.91. The Bertz CT molecular complexity index is 1510. The second kappa shape index (κ2) is 14.9. The van der Waals surface area contributed by atoms with Gasteiger partial charge >= 0.3 is 0 Å². The van der Waals surface area contributed by atoms with Crippen molar-refractivity contribution >= 4 is 50.7 Å². The zero-order chi connectivity index (χ0) is 31.8. The fourth-order valence-electron chi connectivity index (χ4n) is 4.63. The normalized spacial score (nSPS) is 12.3. The highest BCUT2D eigenvalue weighted by Gasteiger charge is 2.32. The lowest BCUT2D eigenvalue weighted by Crippen LogP contribution is -2.54. The van der Waals surface area contributed by atoms with E-state index in [1.807, 2.05) is 63.2 Å². The molecule has 0 fully saturated rings. The van der Waals surface area contributed by atoms with Gasteiger partial charge in [-0.2, -0.15) is 0 Å². The fourth-order valence-corrected chi connectivity index (χ4v) is 6.04. The maximum Gasteiger partial charge on any atom is 0.243 e. The number of nitrogens with one attached hydrogen (secondary N) is 1. The Morgan fingerprint density at radius 3 is 2.19 bits per heavy atom. The van der Waals surface area contributed by atoms with Crippen molar-refractivity contribution in [2.45, 2.75) is 58.2 Å². The van der Waals surface area contributed by atoms with Crippen LogP contribution in [0.3, 0.4) is 0 Å². The van der Waals surface area contributed by atoms with Crippen molar-refractivity contribution in [3.8, 4) is 5.75 Å². The number of benzene rings is 3. The van der Waals surface area contributed by atoms with E-state index in [0.29, 0.717) is 28.4 Å². The van der Waals surface area contributed by atoms with Crippen LogP contribution in [0.4, 0.5) is 5.69 Å². The van der Waals surface area contributed by atoms with Gasteiger partial charge in [-0.15, -0.1) is 0 Å². The number of methoxy groups -OCH3 is 1. The van der Waals surface area contributed by atoms with E-state index in [1.165, 1.54) is 17.5 Å². The average molecular weight is 649 g/mol. The third-order valence-electron chi connectivity index (χ3n) is 6.64. The van der Waals surface area contributed by atoms with E-state index in [-0.39, 0.29) is 42.8 Å². The summed E-state index contributed by atoms with van der Waals surface area (Å²) in [5, 5.41) is 3.78. The lowest BCUT2D eigenvalue weighted by Gasteiger charge is -2.34. The van der Waals surface area contributed by atoms with Gasteiger partial charge in [0.15, 0.2) is 0 Å². The van der Waals surface area contributed by atoms with Crippen LogP contribution in [0.5, 0.6) is 5.75 Å². The predicted molar refractivity (Wildman–Crippen MR) is 173 cm³/mol. The van der Waals surface area contributed by atoms with Crippen molar-refractivity contribution in [3.63, 3.8) is 0 Å². The summed E-state index contributed by atoms with van der Waals surface area (Å²) in [6, 6.07) is 20.6. The third kappa shape index (κ3) is 10.2. The summed E-state index contributed by atoms with van der Waals surface area (Å²) < 4.78 is 31.8. The van der Waals surface area contributed by atoms with Gasteiger partial charge in [-0.1, -0.05) is 71.7 Å². The lowest BCUT2D eigenvalue weighted by molar-refractivity contribution is -0.142. The van der Waals surface area contributed by atoms with Crippen LogP contribution in [0, 0.1) is 0 Å². The Labute approximate surface area is 265 Å². The van der Waals surface area contributed by atoms with Gasteiger partial charge in [0.05, 0.1) is 24.1 Å². The van der Waals surface area contributed by atoms with Crippen molar-refractivity contribution in [1.29, 1.82) is 0 Å². The minimum Gasteiger partial charge on any atom is -0.495 e. The molecular weight excluding hydrogens is 609 g/mol. The van der Waals surface area contributed by atoms with Gasteiger partial charge in [-0.3, -0.25) is 13.9 Å². The van der Waals surface area contributed by atoms with E-state index in [9.17, 15) is 18.0 Å². The van der Waals surface area contributed by atoms with Crippen LogP contribution in [0.15, 0.2) is 72.8 Å². The SMILES string of the molecule is COc1ccc(N(CCCC(=O)N(Cc2ccccc2Cl)[C@@H](Cc2ccccc2)C(=O)NC(C)(C)C)S(C)(=O)=O)cc1Cl. The molecule has 0 bridgehead atoms. The average Bonchev–Trinajstić information content (AvgIpc) is 2.92. The quantitative estimate of drug-likeness (QED) is 0.242. The van der Waals surface area contributed by atoms with Gasteiger partial charge in [0.1, 0.15) is 11.8 Å². The van der Waals surface area contributed by atoms with E-state index in [4.69, 9.17) is 27.9 Å². The third-order valence-corrected chi connectivity index (χ3v) is 8.50. The molecule has 43 heavy (non-hydrogen) atoms. The molecule has 0 radical (unpaired) electrons. The van der Waals surface area contributed by atoms with Crippen LogP contribution in [0.1, 0.15) is 44.7 Å². The highest BCUT2D eigenvalue weighted by atomic mass is 35.5. The summed E-state index contributed by atoms with van der Waals surface area (Å²) in [4.78, 5) is 29.2. The molecule has 8 nitrogen and oxygen atoms in total. The number of sulfonamides is 1. The predicted octanol–water partition coefficient (Wildman–Crippen LogP) is 6.10.